The average molecular weight is 591 g/mol. The number of fused-ring (bicyclic) bond motifs is 1. The van der Waals surface area contributed by atoms with Crippen LogP contribution in [0.25, 0.3) is 6.08 Å². The van der Waals surface area contributed by atoms with Crippen molar-refractivity contribution >= 4 is 41.5 Å². The van der Waals surface area contributed by atoms with Crippen molar-refractivity contribution < 1.29 is 41.8 Å². The average Bonchev–Trinajstić information content (AvgIpc) is 2.82. The number of amides is 1. The van der Waals surface area contributed by atoms with Crippen LogP contribution >= 0.6 is 11.6 Å². The van der Waals surface area contributed by atoms with Crippen LogP contribution < -0.4 is 21.5 Å². The number of nitrogens with two attached hydrogens (primary N) is 2. The van der Waals surface area contributed by atoms with Gasteiger partial charge in [0.25, 0.3) is 0 Å². The Morgan fingerprint density at radius 1 is 1.12 bits per heavy atom. The molecule has 0 aromatic heterocycles. The molecule has 2 atom stereocenters. The summed E-state index contributed by atoms with van der Waals surface area (Å²) < 4.78 is 56.8. The Balaban J connectivity index is 2.00. The van der Waals surface area contributed by atoms with E-state index < -0.39 is 47.2 Å². The fourth-order valence-electron chi connectivity index (χ4n) is 3.78. The molecule has 10 nitrogen and oxygen atoms in total. The minimum atomic E-state index is -4.89. The van der Waals surface area contributed by atoms with E-state index in [2.05, 4.69) is 10.3 Å². The molecule has 0 fully saturated rings. The van der Waals surface area contributed by atoms with Gasteiger partial charge in [-0.3, -0.25) is 9.79 Å². The number of nitrogens with zero attached hydrogens (tertiary/aromatic N) is 1. The van der Waals surface area contributed by atoms with Crippen LogP contribution in [0.4, 0.5) is 13.2 Å². The van der Waals surface area contributed by atoms with Gasteiger partial charge in [0.2, 0.25) is 12.0 Å². The molecule has 2 rings (SSSR count). The summed E-state index contributed by atoms with van der Waals surface area (Å²) >= 11 is 6.34. The molecule has 1 amide bonds. The van der Waals surface area contributed by atoms with Crippen molar-refractivity contribution in [1.29, 1.82) is 0 Å². The Kier molecular flexibility index (Phi) is 11.2. The molecule has 0 aliphatic carbocycles. The number of rotatable bonds is 11. The summed E-state index contributed by atoms with van der Waals surface area (Å²) in [7, 11) is 0. The smallest absolute Gasteiger partial charge is 0.430 e. The van der Waals surface area contributed by atoms with Crippen molar-refractivity contribution in [3.63, 3.8) is 0 Å². The largest absolute Gasteiger partial charge is 0.475 e. The first-order chi connectivity index (χ1) is 18.5. The molecule has 0 spiro atoms. The van der Waals surface area contributed by atoms with Gasteiger partial charge in [0.1, 0.15) is 11.8 Å². The first-order valence-electron chi connectivity index (χ1n) is 12.5. The molecule has 0 saturated carbocycles. The predicted molar refractivity (Wildman–Crippen MR) is 143 cm³/mol. The highest BCUT2D eigenvalue weighted by Gasteiger charge is 2.49. The first kappa shape index (κ1) is 32.7. The Bertz CT molecular complexity index is 1160. The van der Waals surface area contributed by atoms with Crippen molar-refractivity contribution in [2.45, 2.75) is 70.7 Å². The molecule has 1 aromatic rings. The number of ether oxygens (including phenoxy) is 3. The zero-order valence-corrected chi connectivity index (χ0v) is 23.4. The molecule has 0 unspecified atom stereocenters. The normalized spacial score (nSPS) is 15.6. The lowest BCUT2D eigenvalue weighted by Gasteiger charge is -2.30. The van der Waals surface area contributed by atoms with Crippen LogP contribution in [0.5, 0.6) is 5.75 Å². The number of nitrogens with one attached hydrogen (secondary N) is 1. The summed E-state index contributed by atoms with van der Waals surface area (Å²) in [6.07, 6.45) is -5.77. The maximum atomic E-state index is 13.8. The lowest BCUT2D eigenvalue weighted by Crippen LogP contribution is -2.41. The number of esters is 2. The quantitative estimate of drug-likeness (QED) is 0.153. The minimum Gasteiger partial charge on any atom is -0.475 e. The van der Waals surface area contributed by atoms with Gasteiger partial charge in [0.05, 0.1) is 18.8 Å². The molecule has 1 aliphatic heterocycles. The number of hydrogen-bond acceptors (Lipinski definition) is 7. The monoisotopic (exact) mass is 590 g/mol. The summed E-state index contributed by atoms with van der Waals surface area (Å²) in [5.74, 6) is -2.56. The van der Waals surface area contributed by atoms with E-state index >= 15 is 0 Å². The van der Waals surface area contributed by atoms with Gasteiger partial charge in [-0.2, -0.15) is 13.2 Å². The van der Waals surface area contributed by atoms with E-state index in [1.54, 1.807) is 0 Å². The van der Waals surface area contributed by atoms with E-state index in [9.17, 15) is 27.6 Å². The summed E-state index contributed by atoms with van der Waals surface area (Å²) in [4.78, 5) is 40.2. The number of halogens is 4. The third-order valence-electron chi connectivity index (χ3n) is 5.65. The van der Waals surface area contributed by atoms with Crippen LogP contribution in [0.2, 0.25) is 5.02 Å². The SMILES string of the molecule is CC(=O)N[C@@H](CCCN=C(N)N)C(=O)OCCCOC(=O)C1=Cc2cc(Cl)c(C(C)(C)C)cc2O[C@@H]1C(F)(F)F. The maximum absolute atomic E-state index is 13.8. The fraction of sp³-hybridized carbons (Fsp3) is 0.538. The molecule has 1 aliphatic rings. The molecule has 1 heterocycles. The van der Waals surface area contributed by atoms with Gasteiger partial charge < -0.3 is 31.0 Å². The van der Waals surface area contributed by atoms with E-state index in [1.165, 1.54) is 19.1 Å². The second kappa shape index (κ2) is 13.7. The van der Waals surface area contributed by atoms with Crippen LogP contribution in [-0.4, -0.2) is 61.9 Å². The lowest BCUT2D eigenvalue weighted by atomic mass is 9.85. The number of alkyl halides is 3. The standard InChI is InChI=1S/C26H34ClF3N4O6/c1-14(35)34-19(7-5-8-33-24(31)32)23(37)39-10-6-9-38-22(36)16-11-15-12-18(27)17(25(2,3)4)13-20(15)40-21(16)26(28,29)30/h11-13,19,21H,5-10H2,1-4H3,(H,34,35)(H4,31,32,33)/t19-,21-/m0/s1. The zero-order valence-electron chi connectivity index (χ0n) is 22.7. The predicted octanol–water partition coefficient (Wildman–Crippen LogP) is 3.38. The van der Waals surface area contributed by atoms with E-state index in [0.29, 0.717) is 17.0 Å². The number of guanidine groups is 1. The van der Waals surface area contributed by atoms with E-state index in [0.717, 1.165) is 6.08 Å². The molecule has 0 bridgehead atoms. The van der Waals surface area contributed by atoms with Gasteiger partial charge in [-0.1, -0.05) is 32.4 Å². The molecule has 0 saturated heterocycles. The van der Waals surface area contributed by atoms with Crippen molar-refractivity contribution in [2.75, 3.05) is 19.8 Å². The third-order valence-corrected chi connectivity index (χ3v) is 5.96. The highest BCUT2D eigenvalue weighted by Crippen LogP contribution is 2.42. The summed E-state index contributed by atoms with van der Waals surface area (Å²) in [5, 5.41) is 2.78. The Hall–Kier alpha value is -3.48. The van der Waals surface area contributed by atoms with Gasteiger partial charge in [0, 0.05) is 30.5 Å². The van der Waals surface area contributed by atoms with Crippen LogP contribution in [0.3, 0.4) is 0 Å². The molecule has 0 radical (unpaired) electrons. The Labute approximate surface area is 235 Å². The van der Waals surface area contributed by atoms with E-state index in [-0.39, 0.29) is 49.9 Å². The maximum Gasteiger partial charge on any atom is 0.430 e. The first-order valence-corrected chi connectivity index (χ1v) is 12.8. The highest BCUT2D eigenvalue weighted by atomic mass is 35.5. The molecule has 40 heavy (non-hydrogen) atoms. The number of carbonyl (C=O) groups excluding carboxylic acids is 3. The van der Waals surface area contributed by atoms with E-state index in [1.807, 2.05) is 20.8 Å². The highest BCUT2D eigenvalue weighted by molar-refractivity contribution is 6.31. The summed E-state index contributed by atoms with van der Waals surface area (Å²) in [5.41, 5.74) is 10.1. The van der Waals surface area contributed by atoms with Crippen molar-refractivity contribution in [3.05, 3.63) is 33.9 Å². The van der Waals surface area contributed by atoms with Gasteiger partial charge in [-0.05, 0) is 42.0 Å². The Morgan fingerprint density at radius 2 is 1.77 bits per heavy atom. The van der Waals surface area contributed by atoms with Gasteiger partial charge in [-0.25, -0.2) is 9.59 Å². The number of hydrogen-bond donors (Lipinski definition) is 3. The summed E-state index contributed by atoms with van der Waals surface area (Å²) in [6, 6.07) is 1.94. The van der Waals surface area contributed by atoms with Crippen molar-refractivity contribution in [2.24, 2.45) is 16.5 Å². The van der Waals surface area contributed by atoms with E-state index in [4.69, 9.17) is 37.3 Å². The van der Waals surface area contributed by atoms with Crippen LogP contribution in [-0.2, 0) is 29.3 Å². The topological polar surface area (TPSA) is 155 Å². The second-order valence-corrected chi connectivity index (χ2v) is 10.5. The molecular formula is C26H34ClF3N4O6. The number of aliphatic imine (C=N–C) groups is 1. The van der Waals surface area contributed by atoms with Gasteiger partial charge >= 0.3 is 18.1 Å². The second-order valence-electron chi connectivity index (χ2n) is 10.1. The van der Waals surface area contributed by atoms with Crippen molar-refractivity contribution in [1.82, 2.24) is 5.32 Å². The van der Waals surface area contributed by atoms with Crippen LogP contribution in [0.1, 0.15) is 58.1 Å². The molecule has 14 heteroatoms. The Morgan fingerprint density at radius 3 is 2.35 bits per heavy atom. The zero-order chi connectivity index (χ0) is 30.3. The number of benzene rings is 1. The van der Waals surface area contributed by atoms with Crippen LogP contribution in [0, 0.1) is 0 Å². The third kappa shape index (κ3) is 9.61. The fourth-order valence-corrected chi connectivity index (χ4v) is 4.24. The molecular weight excluding hydrogens is 557 g/mol. The lowest BCUT2D eigenvalue weighted by molar-refractivity contribution is -0.188. The van der Waals surface area contributed by atoms with Gasteiger partial charge in [0.15, 0.2) is 5.96 Å². The number of carbonyl (C=O) groups is 3. The molecule has 5 N–H and O–H groups in total. The van der Waals surface area contributed by atoms with Gasteiger partial charge in [-0.15, -0.1) is 0 Å². The van der Waals surface area contributed by atoms with Crippen molar-refractivity contribution in [3.8, 4) is 5.75 Å². The molecule has 222 valence electrons. The molecule has 1 aromatic carbocycles. The summed E-state index contributed by atoms with van der Waals surface area (Å²) in [6.45, 7) is 6.52. The minimum absolute atomic E-state index is 0.000448. The van der Waals surface area contributed by atoms with Crippen LogP contribution in [0.15, 0.2) is 22.7 Å².